The summed E-state index contributed by atoms with van der Waals surface area (Å²) < 4.78 is 17.5. The monoisotopic (exact) mass is 838 g/mol. The predicted molar refractivity (Wildman–Crippen MR) is 243 cm³/mol. The summed E-state index contributed by atoms with van der Waals surface area (Å²) in [6.45, 7) is 10.1. The Morgan fingerprint density at radius 3 is 2.08 bits per heavy atom. The van der Waals surface area contributed by atoms with E-state index in [9.17, 15) is 14.7 Å². The number of urea groups is 1. The number of nitrogens with zero attached hydrogens (tertiary/aromatic N) is 7. The van der Waals surface area contributed by atoms with E-state index in [1.54, 1.807) is 4.68 Å². The lowest BCUT2D eigenvalue weighted by Gasteiger charge is -2.43. The molecular formula is C50H59FN8O3. The number of piperazine rings is 2. The van der Waals surface area contributed by atoms with Crippen LogP contribution in [-0.4, -0.2) is 109 Å². The number of phenolic OH excluding ortho intramolecular Hbond substituents is 1. The van der Waals surface area contributed by atoms with E-state index in [4.69, 9.17) is 0 Å². The van der Waals surface area contributed by atoms with Crippen molar-refractivity contribution in [3.8, 4) is 5.75 Å². The molecule has 0 unspecified atom stereocenters. The number of aromatic nitrogens is 2. The summed E-state index contributed by atoms with van der Waals surface area (Å²) in [5.74, 6) is 2.13. The van der Waals surface area contributed by atoms with Crippen molar-refractivity contribution in [2.24, 2.45) is 18.9 Å². The van der Waals surface area contributed by atoms with Gasteiger partial charge >= 0.3 is 6.03 Å². The van der Waals surface area contributed by atoms with E-state index in [1.807, 2.05) is 25.2 Å². The number of benzene rings is 4. The molecule has 3 amide bonds. The van der Waals surface area contributed by atoms with E-state index >= 15 is 4.39 Å². The molecule has 324 valence electrons. The normalized spacial score (nSPS) is 24.1. The number of amides is 3. The highest BCUT2D eigenvalue weighted by Crippen LogP contribution is 2.47. The van der Waals surface area contributed by atoms with E-state index in [1.165, 1.54) is 71.1 Å². The fourth-order valence-electron chi connectivity index (χ4n) is 11.4. The summed E-state index contributed by atoms with van der Waals surface area (Å²) in [5, 5.41) is 17.7. The molecule has 4 fully saturated rings. The number of halogens is 1. The van der Waals surface area contributed by atoms with Gasteiger partial charge in [-0.15, -0.1) is 0 Å². The van der Waals surface area contributed by atoms with Gasteiger partial charge in [0.25, 0.3) is 0 Å². The number of anilines is 3. The number of rotatable bonds is 9. The van der Waals surface area contributed by atoms with Gasteiger partial charge in [0, 0.05) is 102 Å². The smallest absolute Gasteiger partial charge is 0.329 e. The Labute approximate surface area is 364 Å². The maximum absolute atomic E-state index is 15.8. The number of aromatic hydroxyl groups is 1. The van der Waals surface area contributed by atoms with Crippen molar-refractivity contribution in [2.75, 3.05) is 86.7 Å². The van der Waals surface area contributed by atoms with Crippen LogP contribution < -0.4 is 20.0 Å². The van der Waals surface area contributed by atoms with Gasteiger partial charge in [0.05, 0.1) is 11.2 Å². The minimum atomic E-state index is -0.523. The van der Waals surface area contributed by atoms with Crippen LogP contribution in [0.5, 0.6) is 5.75 Å². The Morgan fingerprint density at radius 2 is 1.40 bits per heavy atom. The molecule has 5 aromatic rings. The fourth-order valence-corrected chi connectivity index (χ4v) is 11.4. The quantitative estimate of drug-likeness (QED) is 0.158. The van der Waals surface area contributed by atoms with Crippen LogP contribution in [0, 0.1) is 17.7 Å². The van der Waals surface area contributed by atoms with Gasteiger partial charge < -0.3 is 14.9 Å². The minimum absolute atomic E-state index is 0.187. The molecular weight excluding hydrogens is 780 g/mol. The van der Waals surface area contributed by atoms with Crippen LogP contribution in [0.4, 0.5) is 26.4 Å². The van der Waals surface area contributed by atoms with Gasteiger partial charge in [0.15, 0.2) is 5.82 Å². The van der Waals surface area contributed by atoms with Crippen LogP contribution in [0.25, 0.3) is 10.9 Å². The predicted octanol–water partition coefficient (Wildman–Crippen LogP) is 7.48. The third-order valence-corrected chi connectivity index (χ3v) is 14.8. The summed E-state index contributed by atoms with van der Waals surface area (Å²) in [5.41, 5.74) is 7.97. The highest BCUT2D eigenvalue weighted by atomic mass is 19.1. The third kappa shape index (κ3) is 8.15. The SMILES string of the molecule is Cn1nc(N2CCC(=O)NC2=O)c2cc(F)c(N3CCN(C[C@@H]4CCCC[C@H]4CN4CCN(c5ccc([C@@H]6c7ccc(O)cc7CC[C@@H]6c6ccccc6)cc5)CC4)CC3)cc21. The number of nitrogens with one attached hydrogen (secondary N) is 1. The zero-order valence-corrected chi connectivity index (χ0v) is 35.9. The number of hydrogen-bond acceptors (Lipinski definition) is 8. The molecule has 2 aliphatic carbocycles. The standard InChI is InChI=1S/C50H59FN8O3/c1-54-45-31-46(44(51)30-43(45)49(53-54)59-20-19-47(61)52-50(59)62)58-27-23-56(24-28-58)33-38-10-6-5-9-37(38)32-55-21-25-57(26-22-55)39-14-11-35(12-15-39)48-41(34-7-3-2-4-8-34)17-13-36-29-40(60)16-18-42(36)48/h2-4,7-8,11-12,14-16,18,29-31,37-38,41,48,60H,5-6,9-10,13,17,19-28,32-33H2,1H3,(H,52,61,62)/t37-,38-,41+,48-/m0/s1. The Balaban J connectivity index is 0.736. The number of fused-ring (bicyclic) bond motifs is 2. The maximum Gasteiger partial charge on any atom is 0.329 e. The van der Waals surface area contributed by atoms with Crippen molar-refractivity contribution in [3.05, 3.63) is 113 Å². The Bertz CT molecular complexity index is 2410. The Kier molecular flexibility index (Phi) is 11.4. The molecule has 1 aromatic heterocycles. The van der Waals surface area contributed by atoms with Gasteiger partial charge in [-0.2, -0.15) is 5.10 Å². The molecule has 12 heteroatoms. The van der Waals surface area contributed by atoms with Crippen molar-refractivity contribution in [1.29, 1.82) is 0 Å². The van der Waals surface area contributed by atoms with E-state index in [0.717, 1.165) is 77.3 Å². The number of carbonyl (C=O) groups excluding carboxylic acids is 2. The molecule has 4 atom stereocenters. The summed E-state index contributed by atoms with van der Waals surface area (Å²) in [6.07, 6.45) is 7.44. The molecule has 4 aromatic carbocycles. The number of aryl methyl sites for hydroxylation is 2. The number of carbonyl (C=O) groups is 2. The number of phenols is 1. The van der Waals surface area contributed by atoms with Crippen LogP contribution >= 0.6 is 0 Å². The molecule has 62 heavy (non-hydrogen) atoms. The van der Waals surface area contributed by atoms with Gasteiger partial charge in [-0.05, 0) is 102 Å². The summed E-state index contributed by atoms with van der Waals surface area (Å²) in [6, 6.07) is 29.1. The van der Waals surface area contributed by atoms with Crippen molar-refractivity contribution in [2.45, 2.75) is 56.8 Å². The van der Waals surface area contributed by atoms with E-state index in [2.05, 4.69) is 90.7 Å². The summed E-state index contributed by atoms with van der Waals surface area (Å²) in [7, 11) is 1.81. The van der Waals surface area contributed by atoms with E-state index < -0.39 is 6.03 Å². The molecule has 5 aliphatic rings. The van der Waals surface area contributed by atoms with Crippen LogP contribution in [0.1, 0.15) is 72.6 Å². The summed E-state index contributed by atoms with van der Waals surface area (Å²) >= 11 is 0. The highest BCUT2D eigenvalue weighted by molar-refractivity contribution is 6.09. The van der Waals surface area contributed by atoms with Crippen molar-refractivity contribution < 1.29 is 19.1 Å². The molecule has 0 spiro atoms. The van der Waals surface area contributed by atoms with Crippen LogP contribution in [0.15, 0.2) is 84.9 Å². The van der Waals surface area contributed by atoms with Gasteiger partial charge in [-0.25, -0.2) is 9.18 Å². The Hall–Kier alpha value is -5.46. The second-order valence-corrected chi connectivity index (χ2v) is 18.4. The summed E-state index contributed by atoms with van der Waals surface area (Å²) in [4.78, 5) is 35.7. The van der Waals surface area contributed by atoms with Crippen molar-refractivity contribution in [1.82, 2.24) is 24.9 Å². The molecule has 2 N–H and O–H groups in total. The van der Waals surface area contributed by atoms with Gasteiger partial charge in [0.2, 0.25) is 5.91 Å². The van der Waals surface area contributed by atoms with E-state index in [-0.39, 0.29) is 30.6 Å². The third-order valence-electron chi connectivity index (χ3n) is 14.8. The van der Waals surface area contributed by atoms with Crippen molar-refractivity contribution >= 4 is 40.0 Å². The average molecular weight is 839 g/mol. The average Bonchev–Trinajstić information content (AvgIpc) is 3.61. The zero-order chi connectivity index (χ0) is 42.3. The highest BCUT2D eigenvalue weighted by Gasteiger charge is 2.34. The molecule has 3 aliphatic heterocycles. The fraction of sp³-hybridized carbons (Fsp3) is 0.460. The van der Waals surface area contributed by atoms with Gasteiger partial charge in [0.1, 0.15) is 11.6 Å². The second kappa shape index (κ2) is 17.4. The largest absolute Gasteiger partial charge is 0.508 e. The zero-order valence-electron chi connectivity index (χ0n) is 35.9. The van der Waals surface area contributed by atoms with E-state index in [0.29, 0.717) is 40.4 Å². The van der Waals surface area contributed by atoms with Gasteiger partial charge in [-0.1, -0.05) is 61.4 Å². The second-order valence-electron chi connectivity index (χ2n) is 18.4. The topological polar surface area (TPSA) is 100 Å². The molecule has 1 saturated carbocycles. The lowest BCUT2D eigenvalue weighted by Crippen LogP contribution is -2.51. The lowest BCUT2D eigenvalue weighted by molar-refractivity contribution is -0.120. The molecule has 11 nitrogen and oxygen atoms in total. The first-order valence-corrected chi connectivity index (χ1v) is 22.9. The number of hydrogen-bond donors (Lipinski definition) is 2. The minimum Gasteiger partial charge on any atom is -0.508 e. The lowest BCUT2D eigenvalue weighted by atomic mass is 9.69. The van der Waals surface area contributed by atoms with Crippen LogP contribution in [0.3, 0.4) is 0 Å². The molecule has 10 rings (SSSR count). The van der Waals surface area contributed by atoms with Gasteiger partial charge in [-0.3, -0.25) is 29.5 Å². The molecule has 0 bridgehead atoms. The van der Waals surface area contributed by atoms with Crippen molar-refractivity contribution in [3.63, 3.8) is 0 Å². The first-order chi connectivity index (χ1) is 30.3. The van der Waals surface area contributed by atoms with Crippen LogP contribution in [0.2, 0.25) is 0 Å². The first kappa shape index (κ1) is 40.6. The van der Waals surface area contributed by atoms with Crippen LogP contribution in [-0.2, 0) is 18.3 Å². The Morgan fingerprint density at radius 1 is 0.726 bits per heavy atom. The maximum atomic E-state index is 15.8. The molecule has 3 saturated heterocycles. The molecule has 0 radical (unpaired) electrons. The molecule has 4 heterocycles. The first-order valence-electron chi connectivity index (χ1n) is 22.9. The number of imide groups is 1.